The first-order valence-electron chi connectivity index (χ1n) is 12.4. The van der Waals surface area contributed by atoms with Crippen molar-refractivity contribution in [1.82, 2.24) is 19.4 Å². The lowest BCUT2D eigenvalue weighted by Crippen LogP contribution is -2.53. The van der Waals surface area contributed by atoms with Crippen LogP contribution in [0.3, 0.4) is 0 Å². The lowest BCUT2D eigenvalue weighted by Gasteiger charge is -2.37. The summed E-state index contributed by atoms with van der Waals surface area (Å²) in [7, 11) is -3.65. The highest BCUT2D eigenvalue weighted by molar-refractivity contribution is 7.90. The second-order valence-electron chi connectivity index (χ2n) is 9.28. The van der Waals surface area contributed by atoms with Crippen LogP contribution < -0.4 is 4.72 Å². The Morgan fingerprint density at radius 2 is 1.71 bits per heavy atom. The summed E-state index contributed by atoms with van der Waals surface area (Å²) in [6.07, 6.45) is 5.67. The SMILES string of the molecule is CCCCC(N=C1NS(=O)(=O)c2ccccc21)C(=O)N1CCN(CC(=O)N2CCCCC2)CC1. The highest BCUT2D eigenvalue weighted by Crippen LogP contribution is 2.23. The molecule has 2 amide bonds. The van der Waals surface area contributed by atoms with Gasteiger partial charge in [-0.15, -0.1) is 0 Å². The van der Waals surface area contributed by atoms with E-state index >= 15 is 0 Å². The molecule has 3 aliphatic rings. The van der Waals surface area contributed by atoms with Crippen molar-refractivity contribution in [1.29, 1.82) is 0 Å². The number of unbranched alkanes of at least 4 members (excludes halogenated alkanes) is 1. The number of hydrogen-bond acceptors (Lipinski definition) is 6. The van der Waals surface area contributed by atoms with Crippen molar-refractivity contribution in [3.05, 3.63) is 29.8 Å². The Balaban J connectivity index is 1.40. The van der Waals surface area contributed by atoms with Crippen LogP contribution in [0.5, 0.6) is 0 Å². The number of piperidine rings is 1. The van der Waals surface area contributed by atoms with Crippen LogP contribution in [0.15, 0.2) is 34.2 Å². The average Bonchev–Trinajstić information content (AvgIpc) is 3.12. The van der Waals surface area contributed by atoms with Gasteiger partial charge in [0.15, 0.2) is 0 Å². The molecule has 10 heteroatoms. The van der Waals surface area contributed by atoms with E-state index in [1.165, 1.54) is 6.42 Å². The number of amidine groups is 1. The molecule has 186 valence electrons. The van der Waals surface area contributed by atoms with Gasteiger partial charge >= 0.3 is 0 Å². The normalized spacial score (nSPS) is 22.3. The van der Waals surface area contributed by atoms with Crippen LogP contribution >= 0.6 is 0 Å². The predicted molar refractivity (Wildman–Crippen MR) is 130 cm³/mol. The summed E-state index contributed by atoms with van der Waals surface area (Å²) < 4.78 is 27.4. The summed E-state index contributed by atoms with van der Waals surface area (Å²) in [4.78, 5) is 36.7. The molecular formula is C24H35N5O4S. The largest absolute Gasteiger partial charge is 0.342 e. The lowest BCUT2D eigenvalue weighted by molar-refractivity contribution is -0.136. The van der Waals surface area contributed by atoms with Gasteiger partial charge in [0, 0.05) is 44.8 Å². The molecule has 3 aliphatic heterocycles. The summed E-state index contributed by atoms with van der Waals surface area (Å²) >= 11 is 0. The minimum Gasteiger partial charge on any atom is -0.342 e. The summed E-state index contributed by atoms with van der Waals surface area (Å²) in [6, 6.07) is 6.07. The molecule has 9 nitrogen and oxygen atoms in total. The van der Waals surface area contributed by atoms with Gasteiger partial charge in [-0.3, -0.25) is 24.2 Å². The fourth-order valence-electron chi connectivity index (χ4n) is 4.80. The smallest absolute Gasteiger partial charge is 0.263 e. The summed E-state index contributed by atoms with van der Waals surface area (Å²) in [5, 5.41) is 0. The third-order valence-electron chi connectivity index (χ3n) is 6.82. The van der Waals surface area contributed by atoms with Crippen LogP contribution in [-0.4, -0.2) is 92.6 Å². The Labute approximate surface area is 202 Å². The van der Waals surface area contributed by atoms with E-state index in [0.717, 1.165) is 38.8 Å². The Bertz CT molecular complexity index is 1030. The highest BCUT2D eigenvalue weighted by atomic mass is 32.2. The minimum absolute atomic E-state index is 0.0773. The number of amides is 2. The monoisotopic (exact) mass is 489 g/mol. The van der Waals surface area contributed by atoms with Gasteiger partial charge in [-0.1, -0.05) is 31.9 Å². The molecule has 0 bridgehead atoms. The molecule has 34 heavy (non-hydrogen) atoms. The molecule has 0 spiro atoms. The van der Waals surface area contributed by atoms with Crippen molar-refractivity contribution in [2.75, 3.05) is 45.8 Å². The van der Waals surface area contributed by atoms with Crippen molar-refractivity contribution in [3.63, 3.8) is 0 Å². The maximum atomic E-state index is 13.4. The van der Waals surface area contributed by atoms with Crippen LogP contribution in [0.4, 0.5) is 0 Å². The maximum absolute atomic E-state index is 13.4. The number of aliphatic imine (C=N–C) groups is 1. The van der Waals surface area contributed by atoms with Crippen molar-refractivity contribution < 1.29 is 18.0 Å². The van der Waals surface area contributed by atoms with Crippen molar-refractivity contribution in [2.24, 2.45) is 4.99 Å². The third kappa shape index (κ3) is 5.60. The van der Waals surface area contributed by atoms with Crippen LogP contribution in [0.1, 0.15) is 51.0 Å². The van der Waals surface area contributed by atoms with Crippen LogP contribution in [0, 0.1) is 0 Å². The summed E-state index contributed by atoms with van der Waals surface area (Å²) in [6.45, 7) is 6.55. The summed E-state index contributed by atoms with van der Waals surface area (Å²) in [5.41, 5.74) is 0.512. The first-order valence-corrected chi connectivity index (χ1v) is 13.9. The molecule has 1 unspecified atom stereocenters. The Morgan fingerprint density at radius 1 is 1.00 bits per heavy atom. The highest BCUT2D eigenvalue weighted by Gasteiger charge is 2.33. The summed E-state index contributed by atoms with van der Waals surface area (Å²) in [5.74, 6) is 0.348. The second kappa shape index (κ2) is 10.9. The number of piperazine rings is 1. The Kier molecular flexibility index (Phi) is 7.88. The molecule has 1 N–H and O–H groups in total. The zero-order valence-electron chi connectivity index (χ0n) is 19.9. The lowest BCUT2D eigenvalue weighted by atomic mass is 10.1. The standard InChI is InChI=1S/C24H35N5O4S/c1-2-3-10-20(25-23-19-9-5-6-11-21(19)34(32,33)26-23)24(31)29-16-14-27(15-17-29)18-22(30)28-12-7-4-8-13-28/h5-6,9,11,20H,2-4,7-8,10,12-18H2,1H3,(H,25,26). The van der Waals surface area contributed by atoms with Crippen molar-refractivity contribution in [2.45, 2.75) is 56.4 Å². The van der Waals surface area contributed by atoms with Crippen LogP contribution in [0.25, 0.3) is 0 Å². The second-order valence-corrected chi connectivity index (χ2v) is 10.9. The van der Waals surface area contributed by atoms with E-state index in [0.29, 0.717) is 44.7 Å². The number of carbonyl (C=O) groups excluding carboxylic acids is 2. The third-order valence-corrected chi connectivity index (χ3v) is 8.21. The predicted octanol–water partition coefficient (Wildman–Crippen LogP) is 1.44. The average molecular weight is 490 g/mol. The molecule has 0 saturated carbocycles. The van der Waals surface area contributed by atoms with Gasteiger partial charge in [0.25, 0.3) is 10.0 Å². The van der Waals surface area contributed by atoms with Gasteiger partial charge < -0.3 is 9.80 Å². The van der Waals surface area contributed by atoms with E-state index in [1.54, 1.807) is 24.3 Å². The minimum atomic E-state index is -3.65. The molecule has 0 aliphatic carbocycles. The Hall–Kier alpha value is -2.46. The van der Waals surface area contributed by atoms with Crippen molar-refractivity contribution >= 4 is 27.7 Å². The molecule has 1 aromatic rings. The number of nitrogens with one attached hydrogen (secondary N) is 1. The number of fused-ring (bicyclic) bond motifs is 1. The molecule has 4 rings (SSSR count). The zero-order chi connectivity index (χ0) is 24.1. The van der Waals surface area contributed by atoms with E-state index in [4.69, 9.17) is 0 Å². The molecular weight excluding hydrogens is 454 g/mol. The fraction of sp³-hybridized carbons (Fsp3) is 0.625. The van der Waals surface area contributed by atoms with E-state index in [1.807, 2.05) is 9.80 Å². The quantitative estimate of drug-likeness (QED) is 0.625. The van der Waals surface area contributed by atoms with Gasteiger partial charge in [-0.2, -0.15) is 0 Å². The maximum Gasteiger partial charge on any atom is 0.263 e. The number of sulfonamides is 1. The van der Waals surface area contributed by atoms with E-state index in [-0.39, 0.29) is 22.5 Å². The van der Waals surface area contributed by atoms with Gasteiger partial charge in [0.2, 0.25) is 11.8 Å². The van der Waals surface area contributed by atoms with E-state index < -0.39 is 16.1 Å². The number of carbonyl (C=O) groups is 2. The number of benzene rings is 1. The molecule has 0 radical (unpaired) electrons. The number of likely N-dealkylation sites (tertiary alicyclic amines) is 1. The number of rotatable bonds is 7. The molecule has 2 saturated heterocycles. The number of hydrogen-bond donors (Lipinski definition) is 1. The van der Waals surface area contributed by atoms with Gasteiger partial charge in [-0.05, 0) is 37.8 Å². The van der Waals surface area contributed by atoms with E-state index in [2.05, 4.69) is 21.5 Å². The van der Waals surface area contributed by atoms with Gasteiger partial charge in [0.05, 0.1) is 11.4 Å². The number of nitrogens with zero attached hydrogens (tertiary/aromatic N) is 4. The van der Waals surface area contributed by atoms with Crippen molar-refractivity contribution in [3.8, 4) is 0 Å². The fourth-order valence-corrected chi connectivity index (χ4v) is 6.04. The molecule has 0 aromatic heterocycles. The van der Waals surface area contributed by atoms with Crippen LogP contribution in [-0.2, 0) is 19.6 Å². The van der Waals surface area contributed by atoms with Gasteiger partial charge in [-0.25, -0.2) is 8.42 Å². The van der Waals surface area contributed by atoms with Crippen LogP contribution in [0.2, 0.25) is 0 Å². The molecule has 2 fully saturated rings. The topological polar surface area (TPSA) is 102 Å². The van der Waals surface area contributed by atoms with E-state index in [9.17, 15) is 18.0 Å². The Morgan fingerprint density at radius 3 is 2.41 bits per heavy atom. The molecule has 1 atom stereocenters. The molecule has 3 heterocycles. The first-order chi connectivity index (χ1) is 16.4. The van der Waals surface area contributed by atoms with Gasteiger partial charge in [0.1, 0.15) is 11.9 Å². The first kappa shape index (κ1) is 24.7. The molecule has 1 aromatic carbocycles. The zero-order valence-corrected chi connectivity index (χ0v) is 20.7.